The fourth-order valence-electron chi connectivity index (χ4n) is 2.78. The number of aromatic nitrogens is 2. The molecule has 3 rings (SSSR count). The van der Waals surface area contributed by atoms with Crippen molar-refractivity contribution < 1.29 is 9.90 Å². The quantitative estimate of drug-likeness (QED) is 0.938. The Labute approximate surface area is 123 Å². The van der Waals surface area contributed by atoms with Gasteiger partial charge in [0.1, 0.15) is 0 Å². The van der Waals surface area contributed by atoms with Crippen LogP contribution in [0.25, 0.3) is 11.3 Å². The van der Waals surface area contributed by atoms with E-state index in [-0.39, 0.29) is 5.56 Å². The molecule has 1 aliphatic heterocycles. The number of rotatable bonds is 3. The number of carbonyl (C=O) groups is 1. The van der Waals surface area contributed by atoms with Crippen LogP contribution in [0.5, 0.6) is 0 Å². The van der Waals surface area contributed by atoms with Crippen LogP contribution in [-0.2, 0) is 0 Å². The highest BCUT2D eigenvalue weighted by Gasteiger charge is 2.24. The highest BCUT2D eigenvalue weighted by atomic mass is 16.4. The zero-order valence-electron chi connectivity index (χ0n) is 11.9. The topological polar surface area (TPSA) is 66.3 Å². The molecular weight excluding hydrogens is 266 g/mol. The monoisotopic (exact) mass is 283 g/mol. The number of carboxylic acid groups (broad SMARTS) is 1. The first kappa shape index (κ1) is 13.7. The average molecular weight is 283 g/mol. The standard InChI is InChI=1S/C16H17N3O2/c1-19-7-3-6-15(19)14-10-17-9-13(18-14)11-4-2-5-12(8-11)16(20)21/h2,4-5,8-10,15H,3,6-7H2,1H3,(H,20,21)/t15-/m1/s1. The molecule has 2 heterocycles. The smallest absolute Gasteiger partial charge is 0.335 e. The van der Waals surface area contributed by atoms with Gasteiger partial charge in [-0.05, 0) is 38.6 Å². The van der Waals surface area contributed by atoms with E-state index in [1.54, 1.807) is 30.6 Å². The molecule has 1 atom stereocenters. The summed E-state index contributed by atoms with van der Waals surface area (Å²) >= 11 is 0. The minimum atomic E-state index is -0.934. The molecule has 1 aliphatic rings. The number of aromatic carboxylic acids is 1. The molecule has 1 saturated heterocycles. The number of benzene rings is 1. The van der Waals surface area contributed by atoms with Crippen molar-refractivity contribution in [2.24, 2.45) is 0 Å². The van der Waals surface area contributed by atoms with Crippen LogP contribution in [0.3, 0.4) is 0 Å². The van der Waals surface area contributed by atoms with E-state index in [2.05, 4.69) is 21.9 Å². The number of likely N-dealkylation sites (tertiary alicyclic amines) is 1. The van der Waals surface area contributed by atoms with Crippen molar-refractivity contribution in [3.8, 4) is 11.3 Å². The van der Waals surface area contributed by atoms with Gasteiger partial charge in [0, 0.05) is 5.56 Å². The molecule has 0 aliphatic carbocycles. The fraction of sp³-hybridized carbons (Fsp3) is 0.312. The third-order valence-corrected chi connectivity index (χ3v) is 3.92. The molecule has 0 unspecified atom stereocenters. The van der Waals surface area contributed by atoms with Crippen molar-refractivity contribution in [2.45, 2.75) is 18.9 Å². The lowest BCUT2D eigenvalue weighted by Crippen LogP contribution is -2.18. The first-order valence-corrected chi connectivity index (χ1v) is 7.01. The molecular formula is C16H17N3O2. The zero-order chi connectivity index (χ0) is 14.8. The van der Waals surface area contributed by atoms with Crippen LogP contribution >= 0.6 is 0 Å². The molecule has 2 aromatic rings. The van der Waals surface area contributed by atoms with Crippen molar-refractivity contribution in [3.63, 3.8) is 0 Å². The molecule has 1 fully saturated rings. The van der Waals surface area contributed by atoms with Gasteiger partial charge in [0.25, 0.3) is 0 Å². The summed E-state index contributed by atoms with van der Waals surface area (Å²) in [5.41, 5.74) is 2.71. The fourth-order valence-corrected chi connectivity index (χ4v) is 2.78. The average Bonchev–Trinajstić information content (AvgIpc) is 2.94. The Morgan fingerprint density at radius 1 is 1.38 bits per heavy atom. The van der Waals surface area contributed by atoms with E-state index in [4.69, 9.17) is 5.11 Å². The summed E-state index contributed by atoms with van der Waals surface area (Å²) in [6, 6.07) is 7.11. The van der Waals surface area contributed by atoms with Crippen molar-refractivity contribution in [2.75, 3.05) is 13.6 Å². The highest BCUT2D eigenvalue weighted by molar-refractivity contribution is 5.89. The van der Waals surface area contributed by atoms with Gasteiger partial charge in [0.15, 0.2) is 0 Å². The second kappa shape index (κ2) is 5.61. The van der Waals surface area contributed by atoms with Crippen LogP contribution in [0, 0.1) is 0 Å². The van der Waals surface area contributed by atoms with E-state index in [1.807, 2.05) is 6.07 Å². The molecule has 0 saturated carbocycles. The Morgan fingerprint density at radius 2 is 2.24 bits per heavy atom. The maximum atomic E-state index is 11.1. The molecule has 1 aromatic carbocycles. The van der Waals surface area contributed by atoms with Crippen LogP contribution < -0.4 is 0 Å². The van der Waals surface area contributed by atoms with E-state index in [0.29, 0.717) is 6.04 Å². The summed E-state index contributed by atoms with van der Waals surface area (Å²) in [5.74, 6) is -0.934. The summed E-state index contributed by atoms with van der Waals surface area (Å²) in [4.78, 5) is 22.3. The largest absolute Gasteiger partial charge is 0.478 e. The lowest BCUT2D eigenvalue weighted by molar-refractivity contribution is 0.0697. The first-order valence-electron chi connectivity index (χ1n) is 7.01. The normalized spacial score (nSPS) is 18.8. The second-order valence-corrected chi connectivity index (χ2v) is 5.35. The highest BCUT2D eigenvalue weighted by Crippen LogP contribution is 2.29. The van der Waals surface area contributed by atoms with Crippen LogP contribution in [0.4, 0.5) is 0 Å². The minimum absolute atomic E-state index is 0.262. The molecule has 1 N–H and O–H groups in total. The predicted octanol–water partition coefficient (Wildman–Crippen LogP) is 2.61. The van der Waals surface area contributed by atoms with E-state index >= 15 is 0 Å². The Hall–Kier alpha value is -2.27. The molecule has 0 spiro atoms. The number of nitrogens with zero attached hydrogens (tertiary/aromatic N) is 3. The number of carboxylic acids is 1. The summed E-state index contributed by atoms with van der Waals surface area (Å²) in [7, 11) is 2.09. The van der Waals surface area contributed by atoms with Crippen LogP contribution in [-0.4, -0.2) is 39.5 Å². The van der Waals surface area contributed by atoms with Gasteiger partial charge in [-0.3, -0.25) is 9.88 Å². The summed E-state index contributed by atoms with van der Waals surface area (Å²) < 4.78 is 0. The maximum Gasteiger partial charge on any atom is 0.335 e. The van der Waals surface area contributed by atoms with Crippen molar-refractivity contribution >= 4 is 5.97 Å². The first-order chi connectivity index (χ1) is 10.1. The van der Waals surface area contributed by atoms with Crippen LogP contribution in [0.2, 0.25) is 0 Å². The van der Waals surface area contributed by atoms with Gasteiger partial charge in [0.05, 0.1) is 35.4 Å². The van der Waals surface area contributed by atoms with E-state index in [1.165, 1.54) is 6.42 Å². The minimum Gasteiger partial charge on any atom is -0.478 e. The van der Waals surface area contributed by atoms with Gasteiger partial charge in [0.2, 0.25) is 0 Å². The summed E-state index contributed by atoms with van der Waals surface area (Å²) in [6.07, 6.45) is 5.74. The number of hydrogen-bond donors (Lipinski definition) is 1. The van der Waals surface area contributed by atoms with Crippen LogP contribution in [0.15, 0.2) is 36.7 Å². The zero-order valence-corrected chi connectivity index (χ0v) is 11.9. The molecule has 5 nitrogen and oxygen atoms in total. The Kier molecular flexibility index (Phi) is 3.66. The maximum absolute atomic E-state index is 11.1. The summed E-state index contributed by atoms with van der Waals surface area (Å²) in [6.45, 7) is 1.07. The van der Waals surface area contributed by atoms with Gasteiger partial charge in [-0.25, -0.2) is 9.78 Å². The predicted molar refractivity (Wildman–Crippen MR) is 79.0 cm³/mol. The third-order valence-electron chi connectivity index (χ3n) is 3.92. The molecule has 0 amide bonds. The van der Waals surface area contributed by atoms with Gasteiger partial charge in [-0.1, -0.05) is 12.1 Å². The Bertz CT molecular complexity index is 672. The van der Waals surface area contributed by atoms with E-state index in [9.17, 15) is 4.79 Å². The van der Waals surface area contributed by atoms with Crippen molar-refractivity contribution in [1.29, 1.82) is 0 Å². The summed E-state index contributed by atoms with van der Waals surface area (Å²) in [5, 5.41) is 9.08. The lowest BCUT2D eigenvalue weighted by Gasteiger charge is -2.18. The third kappa shape index (κ3) is 2.78. The molecule has 0 radical (unpaired) electrons. The molecule has 108 valence electrons. The van der Waals surface area contributed by atoms with Crippen LogP contribution in [0.1, 0.15) is 34.9 Å². The second-order valence-electron chi connectivity index (χ2n) is 5.35. The van der Waals surface area contributed by atoms with Crippen molar-refractivity contribution in [1.82, 2.24) is 14.9 Å². The Balaban J connectivity index is 1.96. The van der Waals surface area contributed by atoms with E-state index in [0.717, 1.165) is 29.9 Å². The van der Waals surface area contributed by atoms with E-state index < -0.39 is 5.97 Å². The van der Waals surface area contributed by atoms with Gasteiger partial charge >= 0.3 is 5.97 Å². The van der Waals surface area contributed by atoms with Crippen molar-refractivity contribution in [3.05, 3.63) is 47.9 Å². The molecule has 5 heteroatoms. The lowest BCUT2D eigenvalue weighted by atomic mass is 10.1. The SMILES string of the molecule is CN1CCC[C@@H]1c1cncc(-c2cccc(C(=O)O)c2)n1. The van der Waals surface area contributed by atoms with Gasteiger partial charge in [-0.15, -0.1) is 0 Å². The van der Waals surface area contributed by atoms with Gasteiger partial charge in [-0.2, -0.15) is 0 Å². The molecule has 0 bridgehead atoms. The molecule has 21 heavy (non-hydrogen) atoms. The van der Waals surface area contributed by atoms with Gasteiger partial charge < -0.3 is 5.11 Å². The Morgan fingerprint density at radius 3 is 2.95 bits per heavy atom. The molecule has 1 aromatic heterocycles. The number of hydrogen-bond acceptors (Lipinski definition) is 4.